The standard InChI is InChI=1S/C19H20BrN3O2/c1-3-15(13-8-10-14(20)11-9-13)21-18(24)12-23-17-7-5-4-6-16(17)22(2)19(23)25/h4-11,15H,3,12H2,1-2H3,(H,21,24)/t15-/m1/s1. The molecule has 1 atom stereocenters. The summed E-state index contributed by atoms with van der Waals surface area (Å²) < 4.78 is 4.08. The number of para-hydroxylation sites is 2. The van der Waals surface area contributed by atoms with Gasteiger partial charge in [0.15, 0.2) is 0 Å². The zero-order chi connectivity index (χ0) is 18.0. The summed E-state index contributed by atoms with van der Waals surface area (Å²) in [5.74, 6) is -0.173. The summed E-state index contributed by atoms with van der Waals surface area (Å²) >= 11 is 3.42. The summed E-state index contributed by atoms with van der Waals surface area (Å²) in [6.45, 7) is 2.03. The Kier molecular flexibility index (Phi) is 5.08. The number of hydrogen-bond acceptors (Lipinski definition) is 2. The van der Waals surface area contributed by atoms with E-state index >= 15 is 0 Å². The fourth-order valence-electron chi connectivity index (χ4n) is 3.02. The maximum atomic E-state index is 12.5. The molecule has 5 nitrogen and oxygen atoms in total. The molecular formula is C19H20BrN3O2. The van der Waals surface area contributed by atoms with E-state index in [1.807, 2.05) is 55.5 Å². The van der Waals surface area contributed by atoms with Crippen LogP contribution in [-0.4, -0.2) is 15.0 Å². The van der Waals surface area contributed by atoms with Crippen LogP contribution in [0.25, 0.3) is 11.0 Å². The second-order valence-corrected chi connectivity index (χ2v) is 6.91. The molecule has 0 radical (unpaired) electrons. The Hall–Kier alpha value is -2.34. The highest BCUT2D eigenvalue weighted by Crippen LogP contribution is 2.19. The van der Waals surface area contributed by atoms with Gasteiger partial charge in [-0.1, -0.05) is 47.1 Å². The first-order chi connectivity index (χ1) is 12.0. The van der Waals surface area contributed by atoms with E-state index in [0.717, 1.165) is 27.5 Å². The third kappa shape index (κ3) is 3.54. The Bertz CT molecular complexity index is 957. The number of amides is 1. The Morgan fingerprint density at radius 1 is 1.12 bits per heavy atom. The maximum Gasteiger partial charge on any atom is 0.329 e. The highest BCUT2D eigenvalue weighted by molar-refractivity contribution is 9.10. The van der Waals surface area contributed by atoms with E-state index in [4.69, 9.17) is 0 Å². The molecule has 3 aromatic rings. The number of fused-ring (bicyclic) bond motifs is 1. The van der Waals surface area contributed by atoms with Crippen LogP contribution in [0.1, 0.15) is 24.9 Å². The van der Waals surface area contributed by atoms with E-state index in [-0.39, 0.29) is 24.2 Å². The predicted molar refractivity (Wildman–Crippen MR) is 102 cm³/mol. The number of nitrogens with one attached hydrogen (secondary N) is 1. The van der Waals surface area contributed by atoms with Crippen molar-refractivity contribution in [3.05, 3.63) is 69.1 Å². The third-order valence-electron chi connectivity index (χ3n) is 4.37. The van der Waals surface area contributed by atoms with Crippen LogP contribution in [0.3, 0.4) is 0 Å². The summed E-state index contributed by atoms with van der Waals surface area (Å²) in [6.07, 6.45) is 0.776. The lowest BCUT2D eigenvalue weighted by atomic mass is 10.0. The molecule has 0 aliphatic carbocycles. The number of aromatic nitrogens is 2. The Morgan fingerprint density at radius 3 is 2.40 bits per heavy atom. The molecular weight excluding hydrogens is 382 g/mol. The lowest BCUT2D eigenvalue weighted by molar-refractivity contribution is -0.122. The molecule has 0 aliphatic heterocycles. The molecule has 0 saturated heterocycles. The van der Waals surface area contributed by atoms with Crippen LogP contribution in [0.5, 0.6) is 0 Å². The number of imidazole rings is 1. The van der Waals surface area contributed by atoms with Crippen LogP contribution >= 0.6 is 15.9 Å². The Morgan fingerprint density at radius 2 is 1.76 bits per heavy atom. The predicted octanol–water partition coefficient (Wildman–Crippen LogP) is 3.37. The quantitative estimate of drug-likeness (QED) is 0.712. The van der Waals surface area contributed by atoms with Crippen LogP contribution in [0.2, 0.25) is 0 Å². The zero-order valence-corrected chi connectivity index (χ0v) is 15.8. The van der Waals surface area contributed by atoms with Gasteiger partial charge in [-0.3, -0.25) is 13.9 Å². The molecule has 1 aromatic heterocycles. The van der Waals surface area contributed by atoms with Crippen molar-refractivity contribution < 1.29 is 4.79 Å². The van der Waals surface area contributed by atoms with Crippen molar-refractivity contribution in [2.75, 3.05) is 0 Å². The number of rotatable bonds is 5. The van der Waals surface area contributed by atoms with Crippen molar-refractivity contribution in [3.8, 4) is 0 Å². The van der Waals surface area contributed by atoms with E-state index in [9.17, 15) is 9.59 Å². The van der Waals surface area contributed by atoms with Crippen LogP contribution in [-0.2, 0) is 18.4 Å². The van der Waals surface area contributed by atoms with Crippen LogP contribution < -0.4 is 11.0 Å². The summed E-state index contributed by atoms with van der Waals surface area (Å²) in [5.41, 5.74) is 2.44. The average Bonchev–Trinajstić information content (AvgIpc) is 2.86. The van der Waals surface area contributed by atoms with Gasteiger partial charge in [0.1, 0.15) is 6.54 Å². The van der Waals surface area contributed by atoms with Gasteiger partial charge >= 0.3 is 5.69 Å². The molecule has 1 N–H and O–H groups in total. The summed E-state index contributed by atoms with van der Waals surface area (Å²) in [5, 5.41) is 3.03. The number of carbonyl (C=O) groups is 1. The molecule has 3 rings (SSSR count). The van der Waals surface area contributed by atoms with Crippen molar-refractivity contribution in [1.82, 2.24) is 14.5 Å². The van der Waals surface area contributed by atoms with E-state index in [1.54, 1.807) is 11.6 Å². The molecule has 25 heavy (non-hydrogen) atoms. The molecule has 0 bridgehead atoms. The van der Waals surface area contributed by atoms with E-state index in [1.165, 1.54) is 4.57 Å². The molecule has 1 heterocycles. The van der Waals surface area contributed by atoms with E-state index in [2.05, 4.69) is 21.2 Å². The minimum atomic E-state index is -0.187. The molecule has 1 amide bonds. The number of hydrogen-bond donors (Lipinski definition) is 1. The number of carbonyl (C=O) groups excluding carboxylic acids is 1. The van der Waals surface area contributed by atoms with Crippen molar-refractivity contribution in [1.29, 1.82) is 0 Å². The first kappa shape index (κ1) is 17.5. The largest absolute Gasteiger partial charge is 0.348 e. The van der Waals surface area contributed by atoms with Gasteiger partial charge in [-0.15, -0.1) is 0 Å². The van der Waals surface area contributed by atoms with Gasteiger partial charge in [-0.2, -0.15) is 0 Å². The minimum Gasteiger partial charge on any atom is -0.348 e. The van der Waals surface area contributed by atoms with Gasteiger partial charge < -0.3 is 5.32 Å². The van der Waals surface area contributed by atoms with Gasteiger partial charge in [0, 0.05) is 11.5 Å². The second-order valence-electron chi connectivity index (χ2n) is 6.00. The highest BCUT2D eigenvalue weighted by atomic mass is 79.9. The maximum absolute atomic E-state index is 12.5. The first-order valence-electron chi connectivity index (χ1n) is 8.20. The molecule has 0 spiro atoms. The van der Waals surface area contributed by atoms with Gasteiger partial charge in [0.2, 0.25) is 5.91 Å². The fourth-order valence-corrected chi connectivity index (χ4v) is 3.28. The minimum absolute atomic E-state index is 0.00716. The monoisotopic (exact) mass is 401 g/mol. The number of benzene rings is 2. The van der Waals surface area contributed by atoms with Gasteiger partial charge in [0.25, 0.3) is 0 Å². The Balaban J connectivity index is 1.82. The van der Waals surface area contributed by atoms with Crippen molar-refractivity contribution in [3.63, 3.8) is 0 Å². The highest BCUT2D eigenvalue weighted by Gasteiger charge is 2.16. The SMILES string of the molecule is CC[C@@H](NC(=O)Cn1c(=O)n(C)c2ccccc21)c1ccc(Br)cc1. The molecule has 0 fully saturated rings. The topological polar surface area (TPSA) is 56.0 Å². The van der Waals surface area contributed by atoms with Crippen LogP contribution in [0, 0.1) is 0 Å². The zero-order valence-electron chi connectivity index (χ0n) is 14.2. The van der Waals surface area contributed by atoms with Crippen molar-refractivity contribution in [2.24, 2.45) is 7.05 Å². The van der Waals surface area contributed by atoms with Gasteiger partial charge in [0.05, 0.1) is 17.1 Å². The Labute approximate surface area is 154 Å². The summed E-state index contributed by atoms with van der Waals surface area (Å²) in [7, 11) is 1.72. The lowest BCUT2D eigenvalue weighted by Crippen LogP contribution is -2.34. The summed E-state index contributed by atoms with van der Waals surface area (Å²) in [4.78, 5) is 25.0. The van der Waals surface area contributed by atoms with Crippen molar-refractivity contribution >= 4 is 32.9 Å². The lowest BCUT2D eigenvalue weighted by Gasteiger charge is -2.18. The average molecular weight is 402 g/mol. The van der Waals surface area contributed by atoms with Gasteiger partial charge in [-0.25, -0.2) is 4.79 Å². The third-order valence-corrected chi connectivity index (χ3v) is 4.90. The number of halogens is 1. The van der Waals surface area contributed by atoms with E-state index < -0.39 is 0 Å². The normalized spacial score (nSPS) is 12.3. The van der Waals surface area contributed by atoms with Gasteiger partial charge in [-0.05, 0) is 36.2 Å². The van der Waals surface area contributed by atoms with Crippen LogP contribution in [0.4, 0.5) is 0 Å². The second kappa shape index (κ2) is 7.27. The molecule has 130 valence electrons. The summed E-state index contributed by atoms with van der Waals surface area (Å²) in [6, 6.07) is 15.3. The molecule has 0 aliphatic rings. The van der Waals surface area contributed by atoms with Crippen LogP contribution in [0.15, 0.2) is 57.8 Å². The first-order valence-corrected chi connectivity index (χ1v) is 8.99. The molecule has 2 aromatic carbocycles. The van der Waals surface area contributed by atoms with E-state index in [0.29, 0.717) is 0 Å². The number of aryl methyl sites for hydroxylation is 1. The smallest absolute Gasteiger partial charge is 0.329 e. The fraction of sp³-hybridized carbons (Fsp3) is 0.263. The molecule has 0 unspecified atom stereocenters. The molecule has 6 heteroatoms. The molecule has 0 saturated carbocycles. The number of nitrogens with zero attached hydrogens (tertiary/aromatic N) is 2. The van der Waals surface area contributed by atoms with Crippen molar-refractivity contribution in [2.45, 2.75) is 25.9 Å².